The Balaban J connectivity index is 3.18. The number of nitrogens with two attached hydrogens (primary N) is 1. The maximum absolute atomic E-state index is 12.4. The van der Waals surface area contributed by atoms with E-state index in [2.05, 4.69) is 13.0 Å². The summed E-state index contributed by atoms with van der Waals surface area (Å²) in [5.74, 6) is 0.0399. The van der Waals surface area contributed by atoms with Gasteiger partial charge in [-0.1, -0.05) is 26.8 Å². The van der Waals surface area contributed by atoms with Gasteiger partial charge in [0.05, 0.1) is 6.04 Å². The second-order valence-corrected chi connectivity index (χ2v) is 5.96. The van der Waals surface area contributed by atoms with Crippen LogP contribution < -0.4 is 5.73 Å². The number of hydrogen-bond donors (Lipinski definition) is 1. The van der Waals surface area contributed by atoms with Crippen molar-refractivity contribution in [1.82, 2.24) is 0 Å². The lowest BCUT2D eigenvalue weighted by Crippen LogP contribution is -2.42. The van der Waals surface area contributed by atoms with Gasteiger partial charge in [-0.05, 0) is 48.9 Å². The van der Waals surface area contributed by atoms with Gasteiger partial charge >= 0.3 is 0 Å². The second kappa shape index (κ2) is 4.61. The molecule has 0 amide bonds. The lowest BCUT2D eigenvalue weighted by Gasteiger charge is -2.26. The highest BCUT2D eigenvalue weighted by atomic mass is 16.1. The third-order valence-electron chi connectivity index (χ3n) is 3.32. The summed E-state index contributed by atoms with van der Waals surface area (Å²) in [5.41, 5.74) is 9.95. The van der Waals surface area contributed by atoms with Crippen molar-refractivity contribution < 1.29 is 4.79 Å². The second-order valence-electron chi connectivity index (χ2n) is 5.96. The van der Waals surface area contributed by atoms with Gasteiger partial charge in [-0.25, -0.2) is 0 Å². The molecular weight excluding hydrogens is 210 g/mol. The number of carbonyl (C=O) groups excluding carboxylic acids is 1. The summed E-state index contributed by atoms with van der Waals surface area (Å²) in [6, 6.07) is 3.56. The largest absolute Gasteiger partial charge is 0.321 e. The maximum atomic E-state index is 12.4. The van der Waals surface area contributed by atoms with Crippen LogP contribution in [-0.2, 0) is 0 Å². The predicted molar refractivity (Wildman–Crippen MR) is 72.4 cm³/mol. The molecular formula is C15H23NO. The van der Waals surface area contributed by atoms with Gasteiger partial charge in [0.1, 0.15) is 0 Å². The Morgan fingerprint density at radius 1 is 1.06 bits per heavy atom. The summed E-state index contributed by atoms with van der Waals surface area (Å²) in [6.45, 7) is 12.0. The molecule has 0 aliphatic carbocycles. The highest BCUT2D eigenvalue weighted by molar-refractivity contribution is 6.01. The molecule has 1 aromatic rings. The third-order valence-corrected chi connectivity index (χ3v) is 3.32. The summed E-state index contributed by atoms with van der Waals surface area (Å²) in [5, 5.41) is 0. The molecule has 0 spiro atoms. The van der Waals surface area contributed by atoms with Crippen molar-refractivity contribution in [3.63, 3.8) is 0 Å². The monoisotopic (exact) mass is 233 g/mol. The minimum atomic E-state index is -0.455. The van der Waals surface area contributed by atoms with Crippen LogP contribution in [0.2, 0.25) is 0 Å². The molecule has 0 fully saturated rings. The number of carbonyl (C=O) groups is 1. The summed E-state index contributed by atoms with van der Waals surface area (Å²) < 4.78 is 0. The molecule has 17 heavy (non-hydrogen) atoms. The first-order chi connectivity index (χ1) is 7.64. The molecule has 2 nitrogen and oxygen atoms in total. The number of Topliss-reactive ketones (excluding diaryl/α,β-unsaturated/α-hetero) is 1. The van der Waals surface area contributed by atoms with Gasteiger partial charge in [-0.3, -0.25) is 4.79 Å². The first-order valence-corrected chi connectivity index (χ1v) is 6.02. The van der Waals surface area contributed by atoms with E-state index in [1.807, 2.05) is 40.7 Å². The van der Waals surface area contributed by atoms with Gasteiger partial charge in [0.15, 0.2) is 5.78 Å². The Morgan fingerprint density at radius 3 is 2.00 bits per heavy atom. The van der Waals surface area contributed by atoms with E-state index in [4.69, 9.17) is 5.73 Å². The van der Waals surface area contributed by atoms with E-state index < -0.39 is 6.04 Å². The third kappa shape index (κ3) is 2.95. The van der Waals surface area contributed by atoms with E-state index in [0.29, 0.717) is 0 Å². The number of hydrogen-bond acceptors (Lipinski definition) is 2. The Kier molecular flexibility index (Phi) is 3.78. The predicted octanol–water partition coefficient (Wildman–Crippen LogP) is 3.17. The Hall–Kier alpha value is -1.15. The van der Waals surface area contributed by atoms with Gasteiger partial charge in [-0.15, -0.1) is 0 Å². The number of ketones is 1. The van der Waals surface area contributed by atoms with E-state index >= 15 is 0 Å². The van der Waals surface area contributed by atoms with Gasteiger partial charge in [-0.2, -0.15) is 0 Å². The molecule has 1 rings (SSSR count). The average molecular weight is 233 g/mol. The maximum Gasteiger partial charge on any atom is 0.180 e. The Morgan fingerprint density at radius 2 is 1.53 bits per heavy atom. The summed E-state index contributed by atoms with van der Waals surface area (Å²) in [4.78, 5) is 12.4. The molecule has 0 saturated heterocycles. The molecule has 94 valence electrons. The quantitative estimate of drug-likeness (QED) is 0.797. The van der Waals surface area contributed by atoms with Crippen LogP contribution in [0.5, 0.6) is 0 Å². The van der Waals surface area contributed by atoms with Gasteiger partial charge in [0.25, 0.3) is 0 Å². The molecule has 1 aromatic carbocycles. The molecule has 0 heterocycles. The van der Waals surface area contributed by atoms with Crippen LogP contribution in [0.15, 0.2) is 12.1 Å². The summed E-state index contributed by atoms with van der Waals surface area (Å²) >= 11 is 0. The first-order valence-electron chi connectivity index (χ1n) is 6.02. The van der Waals surface area contributed by atoms with Crippen LogP contribution in [0.3, 0.4) is 0 Å². The molecule has 0 aliphatic rings. The SMILES string of the molecule is Cc1cc(C)c(C(=O)C(N)C(C)(C)C)cc1C. The molecule has 1 atom stereocenters. The Bertz CT molecular complexity index is 441. The van der Waals surface area contributed by atoms with Crippen molar-refractivity contribution in [3.05, 3.63) is 34.4 Å². The molecule has 2 heteroatoms. The minimum absolute atomic E-state index is 0.0399. The molecule has 1 unspecified atom stereocenters. The fraction of sp³-hybridized carbons (Fsp3) is 0.533. The summed E-state index contributed by atoms with van der Waals surface area (Å²) in [6.07, 6.45) is 0. The fourth-order valence-electron chi connectivity index (χ4n) is 1.79. The van der Waals surface area contributed by atoms with E-state index in [1.165, 1.54) is 5.56 Å². The van der Waals surface area contributed by atoms with E-state index in [-0.39, 0.29) is 11.2 Å². The van der Waals surface area contributed by atoms with Gasteiger partial charge < -0.3 is 5.73 Å². The molecule has 0 radical (unpaired) electrons. The van der Waals surface area contributed by atoms with Crippen molar-refractivity contribution >= 4 is 5.78 Å². The molecule has 0 aromatic heterocycles. The summed E-state index contributed by atoms with van der Waals surface area (Å²) in [7, 11) is 0. The first kappa shape index (κ1) is 13.9. The van der Waals surface area contributed by atoms with Gasteiger partial charge in [0.2, 0.25) is 0 Å². The zero-order chi connectivity index (χ0) is 13.4. The van der Waals surface area contributed by atoms with Crippen LogP contribution in [-0.4, -0.2) is 11.8 Å². The van der Waals surface area contributed by atoms with Crippen LogP contribution in [0.25, 0.3) is 0 Å². The fourth-order valence-corrected chi connectivity index (χ4v) is 1.79. The highest BCUT2D eigenvalue weighted by Gasteiger charge is 2.29. The lowest BCUT2D eigenvalue weighted by molar-refractivity contribution is 0.0900. The van der Waals surface area contributed by atoms with Gasteiger partial charge in [0, 0.05) is 5.56 Å². The molecule has 2 N–H and O–H groups in total. The van der Waals surface area contributed by atoms with Crippen molar-refractivity contribution in [2.45, 2.75) is 47.6 Å². The van der Waals surface area contributed by atoms with Crippen molar-refractivity contribution in [3.8, 4) is 0 Å². The van der Waals surface area contributed by atoms with E-state index in [0.717, 1.165) is 16.7 Å². The normalized spacial score (nSPS) is 13.6. The number of aryl methyl sites for hydroxylation is 3. The molecule has 0 bridgehead atoms. The topological polar surface area (TPSA) is 43.1 Å². The van der Waals surface area contributed by atoms with Crippen LogP contribution in [0.1, 0.15) is 47.8 Å². The standard InChI is InChI=1S/C15H23NO/c1-9-7-11(3)12(8-10(9)2)13(17)14(16)15(4,5)6/h7-8,14H,16H2,1-6H3. The van der Waals surface area contributed by atoms with E-state index in [9.17, 15) is 4.79 Å². The van der Waals surface area contributed by atoms with Crippen LogP contribution in [0.4, 0.5) is 0 Å². The number of rotatable bonds is 2. The minimum Gasteiger partial charge on any atom is -0.321 e. The van der Waals surface area contributed by atoms with E-state index in [1.54, 1.807) is 0 Å². The zero-order valence-corrected chi connectivity index (χ0v) is 11.7. The molecule has 0 aliphatic heterocycles. The molecule has 0 saturated carbocycles. The smallest absolute Gasteiger partial charge is 0.180 e. The highest BCUT2D eigenvalue weighted by Crippen LogP contribution is 2.23. The lowest BCUT2D eigenvalue weighted by atomic mass is 9.81. The van der Waals surface area contributed by atoms with Crippen molar-refractivity contribution in [2.24, 2.45) is 11.1 Å². The van der Waals surface area contributed by atoms with Crippen molar-refractivity contribution in [2.75, 3.05) is 0 Å². The van der Waals surface area contributed by atoms with Crippen LogP contribution >= 0.6 is 0 Å². The zero-order valence-electron chi connectivity index (χ0n) is 11.7. The van der Waals surface area contributed by atoms with Crippen LogP contribution in [0, 0.1) is 26.2 Å². The average Bonchev–Trinajstić information content (AvgIpc) is 2.20. The Labute approximate surface area is 104 Å². The number of benzene rings is 1. The van der Waals surface area contributed by atoms with Crippen molar-refractivity contribution in [1.29, 1.82) is 0 Å².